The van der Waals surface area contributed by atoms with Gasteiger partial charge >= 0.3 is 11.9 Å². The monoisotopic (exact) mass is 455 g/mol. The Bertz CT molecular complexity index is 890. The number of hydrogen-bond acceptors (Lipinski definition) is 9. The van der Waals surface area contributed by atoms with Crippen LogP contribution in [0.25, 0.3) is 0 Å². The van der Waals surface area contributed by atoms with E-state index in [2.05, 4.69) is 36.0 Å². The quantitative estimate of drug-likeness (QED) is 0.202. The van der Waals surface area contributed by atoms with Crippen molar-refractivity contribution in [3.63, 3.8) is 0 Å². The zero-order valence-electron chi connectivity index (χ0n) is 17.4. The number of rotatable bonds is 2. The lowest BCUT2D eigenvalue weighted by Crippen LogP contribution is -2.65. The van der Waals surface area contributed by atoms with Crippen LogP contribution < -0.4 is 9.47 Å². The van der Waals surface area contributed by atoms with Crippen LogP contribution >= 0.6 is 11.9 Å². The predicted octanol–water partition coefficient (Wildman–Crippen LogP) is 2.14. The van der Waals surface area contributed by atoms with Crippen molar-refractivity contribution in [3.8, 4) is 11.5 Å². The summed E-state index contributed by atoms with van der Waals surface area (Å²) in [6.45, 7) is 3.77. The highest BCUT2D eigenvalue weighted by Crippen LogP contribution is 2.62. The smallest absolute Gasteiger partial charge is 0.308 e. The SMILES string of the molecule is CC(=O)Oc1ccc2c3c1O[C@H]1[C@@H](OC(C)=O)C=C[C@H]4[C@@H](C2)N(C)CC[C@@]341.OCl.OO. The largest absolute Gasteiger partial charge is 0.481 e. The van der Waals surface area contributed by atoms with Gasteiger partial charge in [0.1, 0.15) is 6.10 Å². The Hall–Kier alpha value is -2.17. The first-order chi connectivity index (χ1) is 14.9. The molecule has 0 saturated carbocycles. The molecule has 4 aliphatic rings. The Kier molecular flexibility index (Phi) is 6.92. The van der Waals surface area contributed by atoms with Gasteiger partial charge in [0.15, 0.2) is 17.6 Å². The second kappa shape index (κ2) is 9.13. The molecule has 0 aromatic heterocycles. The Balaban J connectivity index is 0.000000645. The summed E-state index contributed by atoms with van der Waals surface area (Å²) in [6, 6.07) is 4.28. The van der Waals surface area contributed by atoms with E-state index < -0.39 is 6.10 Å². The van der Waals surface area contributed by atoms with Gasteiger partial charge in [0.2, 0.25) is 0 Å². The molecule has 1 saturated heterocycles. The first kappa shape index (κ1) is 23.5. The number of hydrogen-bond donors (Lipinski definition) is 3. The van der Waals surface area contributed by atoms with Gasteiger partial charge in [0.25, 0.3) is 0 Å². The van der Waals surface area contributed by atoms with Crippen molar-refractivity contribution in [2.45, 2.75) is 50.4 Å². The first-order valence-corrected chi connectivity index (χ1v) is 10.2. The van der Waals surface area contributed by atoms with E-state index in [9.17, 15) is 9.59 Å². The minimum absolute atomic E-state index is 0.245. The summed E-state index contributed by atoms with van der Waals surface area (Å²) in [4.78, 5) is 25.7. The normalized spacial score (nSPS) is 31.1. The molecule has 2 bridgehead atoms. The molecule has 0 radical (unpaired) electrons. The summed E-state index contributed by atoms with van der Waals surface area (Å²) in [5.74, 6) is 0.712. The number of benzene rings is 1. The Morgan fingerprint density at radius 3 is 2.55 bits per heavy atom. The zero-order chi connectivity index (χ0) is 22.9. The molecular weight excluding hydrogens is 430 g/mol. The van der Waals surface area contributed by atoms with Crippen molar-refractivity contribution in [2.24, 2.45) is 5.92 Å². The predicted molar refractivity (Wildman–Crippen MR) is 110 cm³/mol. The molecule has 5 atom stereocenters. The molecule has 1 aromatic carbocycles. The van der Waals surface area contributed by atoms with Gasteiger partial charge in [-0.2, -0.15) is 0 Å². The van der Waals surface area contributed by atoms with Gasteiger partial charge in [-0.15, -0.1) is 0 Å². The van der Waals surface area contributed by atoms with E-state index >= 15 is 0 Å². The maximum absolute atomic E-state index is 11.7. The van der Waals surface area contributed by atoms with Crippen LogP contribution in [0.5, 0.6) is 11.5 Å². The van der Waals surface area contributed by atoms with Crippen LogP contribution in [0, 0.1) is 5.92 Å². The summed E-state index contributed by atoms with van der Waals surface area (Å²) in [5, 5.41) is 12.0. The average Bonchev–Trinajstić information content (AvgIpc) is 3.11. The third kappa shape index (κ3) is 3.60. The maximum atomic E-state index is 11.7. The van der Waals surface area contributed by atoms with Gasteiger partial charge in [0, 0.05) is 36.8 Å². The summed E-state index contributed by atoms with van der Waals surface area (Å²) in [5.41, 5.74) is 2.15. The van der Waals surface area contributed by atoms with Crippen molar-refractivity contribution in [2.75, 3.05) is 13.6 Å². The van der Waals surface area contributed by atoms with E-state index in [1.54, 1.807) is 0 Å². The van der Waals surface area contributed by atoms with Crippen LogP contribution in [0.3, 0.4) is 0 Å². The van der Waals surface area contributed by atoms with E-state index in [4.69, 9.17) is 29.4 Å². The number of likely N-dealkylation sites (N-methyl/N-ethyl adjacent to an activating group) is 1. The fraction of sp³-hybridized carbons (Fsp3) is 0.524. The lowest BCUT2D eigenvalue weighted by atomic mass is 9.53. The number of likely N-dealkylation sites (tertiary alicyclic amines) is 1. The van der Waals surface area contributed by atoms with E-state index in [0.29, 0.717) is 17.5 Å². The van der Waals surface area contributed by atoms with E-state index in [0.717, 1.165) is 24.9 Å². The standard InChI is InChI=1S/C21H23NO5.ClHO.H2O2/c1-11(23)25-16-6-4-13-10-15-14-5-7-17(26-12(2)24)20-21(14,8-9-22(15)3)18(13)19(16)27-20;2*1-2/h4-7,14-15,17,20H,8-10H2,1-3H3;2H;1-2H/t14-,15+,17-,20-,21-;;/m0../s1. The van der Waals surface area contributed by atoms with Crippen LogP contribution in [0.1, 0.15) is 31.4 Å². The first-order valence-electron chi connectivity index (χ1n) is 9.86. The molecule has 9 nitrogen and oxygen atoms in total. The van der Waals surface area contributed by atoms with Crippen molar-refractivity contribution >= 4 is 23.8 Å². The molecule has 170 valence electrons. The molecule has 1 fully saturated rings. The van der Waals surface area contributed by atoms with E-state index in [-0.39, 0.29) is 29.4 Å². The van der Waals surface area contributed by atoms with Crippen LogP contribution in [-0.4, -0.2) is 63.9 Å². The number of esters is 2. The topological polar surface area (TPSA) is 126 Å². The lowest BCUT2D eigenvalue weighted by molar-refractivity contribution is -0.176. The van der Waals surface area contributed by atoms with Crippen molar-refractivity contribution in [1.29, 1.82) is 0 Å². The fourth-order valence-corrected chi connectivity index (χ4v) is 5.74. The Labute approximate surface area is 184 Å². The fourth-order valence-electron chi connectivity index (χ4n) is 5.74. The number of ether oxygens (including phenoxy) is 3. The highest BCUT2D eigenvalue weighted by atomic mass is 35.5. The molecule has 31 heavy (non-hydrogen) atoms. The summed E-state index contributed by atoms with van der Waals surface area (Å²) in [6.07, 6.45) is 5.31. The number of carbonyl (C=O) groups excluding carboxylic acids is 2. The Morgan fingerprint density at radius 1 is 1.19 bits per heavy atom. The average molecular weight is 456 g/mol. The van der Waals surface area contributed by atoms with Gasteiger partial charge in [-0.05, 0) is 44.1 Å². The molecule has 0 unspecified atom stereocenters. The number of nitrogens with zero attached hydrogens (tertiary/aromatic N) is 1. The second-order valence-corrected chi connectivity index (χ2v) is 8.09. The number of carbonyl (C=O) groups is 2. The molecular formula is C21H26ClNO8. The molecule has 2 aliphatic heterocycles. The van der Waals surface area contributed by atoms with Crippen molar-refractivity contribution in [3.05, 3.63) is 35.4 Å². The van der Waals surface area contributed by atoms with Crippen LogP contribution in [0.4, 0.5) is 0 Å². The van der Waals surface area contributed by atoms with Crippen LogP contribution in [0.15, 0.2) is 24.3 Å². The van der Waals surface area contributed by atoms with Crippen molar-refractivity contribution in [1.82, 2.24) is 4.90 Å². The molecule has 1 spiro atoms. The van der Waals surface area contributed by atoms with Gasteiger partial charge in [-0.1, -0.05) is 12.1 Å². The molecule has 2 heterocycles. The van der Waals surface area contributed by atoms with Gasteiger partial charge in [-0.25, -0.2) is 0 Å². The highest BCUT2D eigenvalue weighted by Gasteiger charge is 2.65. The van der Waals surface area contributed by atoms with Gasteiger partial charge in [0.05, 0.1) is 11.9 Å². The minimum atomic E-state index is -0.439. The third-order valence-corrected chi connectivity index (χ3v) is 6.67. The molecule has 3 N–H and O–H groups in total. The summed E-state index contributed by atoms with van der Waals surface area (Å²) < 4.78 is 24.0. The van der Waals surface area contributed by atoms with Gasteiger partial charge < -0.3 is 19.1 Å². The summed E-state index contributed by atoms with van der Waals surface area (Å²) in [7, 11) is 2.17. The molecule has 0 amide bonds. The third-order valence-electron chi connectivity index (χ3n) is 6.67. The van der Waals surface area contributed by atoms with E-state index in [1.807, 2.05) is 12.1 Å². The van der Waals surface area contributed by atoms with E-state index in [1.165, 1.54) is 19.4 Å². The Morgan fingerprint density at radius 2 is 1.90 bits per heavy atom. The van der Waals surface area contributed by atoms with Gasteiger partial charge in [-0.3, -0.25) is 24.8 Å². The second-order valence-electron chi connectivity index (χ2n) is 8.09. The zero-order valence-corrected chi connectivity index (χ0v) is 18.2. The highest BCUT2D eigenvalue weighted by molar-refractivity contribution is 6.04. The van der Waals surface area contributed by atoms with Crippen LogP contribution in [0.2, 0.25) is 0 Å². The maximum Gasteiger partial charge on any atom is 0.308 e. The minimum Gasteiger partial charge on any atom is -0.481 e. The number of piperidine rings is 1. The molecule has 2 aliphatic carbocycles. The molecule has 1 aromatic rings. The van der Waals surface area contributed by atoms with Crippen molar-refractivity contribution < 1.29 is 39.0 Å². The summed E-state index contributed by atoms with van der Waals surface area (Å²) >= 11 is 3.64. The lowest BCUT2D eigenvalue weighted by Gasteiger charge is -2.56. The molecule has 5 rings (SSSR count). The molecule has 10 heteroatoms. The number of halogens is 1. The van der Waals surface area contributed by atoms with Crippen LogP contribution in [-0.2, 0) is 26.2 Å².